The number of H-pyrrole nitrogens is 1. The largest absolute Gasteiger partial charge is 0.494 e. The van der Waals surface area contributed by atoms with Gasteiger partial charge in [0.1, 0.15) is 18.1 Å². The van der Waals surface area contributed by atoms with E-state index in [-0.39, 0.29) is 18.3 Å². The van der Waals surface area contributed by atoms with Crippen LogP contribution in [0.5, 0.6) is 5.75 Å². The van der Waals surface area contributed by atoms with Crippen LogP contribution in [-0.4, -0.2) is 28.6 Å². The van der Waals surface area contributed by atoms with Gasteiger partial charge in [0.2, 0.25) is 5.91 Å². The Hall–Kier alpha value is -2.90. The van der Waals surface area contributed by atoms with Gasteiger partial charge >= 0.3 is 5.69 Å². The van der Waals surface area contributed by atoms with Gasteiger partial charge < -0.3 is 10.1 Å². The number of carbonyl (C=O) groups excluding carboxylic acids is 1. The SMILES string of the molecule is O=C(Cn1ccc(=O)[nH]c1=O)NCCCCOc1ccc(F)cc1. The van der Waals surface area contributed by atoms with Crippen LogP contribution in [0.25, 0.3) is 0 Å². The van der Waals surface area contributed by atoms with Crippen molar-refractivity contribution in [3.8, 4) is 5.75 Å². The van der Waals surface area contributed by atoms with Gasteiger partial charge in [0, 0.05) is 18.8 Å². The fraction of sp³-hybridized carbons (Fsp3) is 0.312. The molecule has 1 aromatic carbocycles. The lowest BCUT2D eigenvalue weighted by Crippen LogP contribution is -2.35. The lowest BCUT2D eigenvalue weighted by Gasteiger charge is -2.08. The van der Waals surface area contributed by atoms with Gasteiger partial charge in [-0.25, -0.2) is 9.18 Å². The van der Waals surface area contributed by atoms with E-state index in [0.29, 0.717) is 25.3 Å². The highest BCUT2D eigenvalue weighted by Gasteiger charge is 2.04. The Morgan fingerprint density at radius 2 is 1.92 bits per heavy atom. The molecule has 0 saturated heterocycles. The maximum Gasteiger partial charge on any atom is 0.328 e. The number of hydrogen-bond donors (Lipinski definition) is 2. The number of carbonyl (C=O) groups is 1. The second-order valence-electron chi connectivity index (χ2n) is 5.10. The molecule has 0 radical (unpaired) electrons. The summed E-state index contributed by atoms with van der Waals surface area (Å²) in [5, 5.41) is 2.68. The molecule has 0 saturated carbocycles. The standard InChI is InChI=1S/C16H18FN3O4/c17-12-3-5-13(6-4-12)24-10-2-1-8-18-15(22)11-20-9-7-14(21)19-16(20)23/h3-7,9H,1-2,8,10-11H2,(H,18,22)(H,19,21,23). The van der Waals surface area contributed by atoms with Crippen molar-refractivity contribution in [2.24, 2.45) is 0 Å². The fourth-order valence-electron chi connectivity index (χ4n) is 1.96. The number of unbranched alkanes of at least 4 members (excludes halogenated alkanes) is 1. The molecule has 1 aromatic heterocycles. The Morgan fingerprint density at radius 3 is 2.62 bits per heavy atom. The topological polar surface area (TPSA) is 93.2 Å². The first-order valence-electron chi connectivity index (χ1n) is 7.49. The third-order valence-electron chi connectivity index (χ3n) is 3.19. The van der Waals surface area contributed by atoms with Crippen molar-refractivity contribution in [2.75, 3.05) is 13.2 Å². The van der Waals surface area contributed by atoms with Gasteiger partial charge in [-0.3, -0.25) is 19.1 Å². The van der Waals surface area contributed by atoms with Crippen LogP contribution in [-0.2, 0) is 11.3 Å². The number of amides is 1. The summed E-state index contributed by atoms with van der Waals surface area (Å²) in [6.07, 6.45) is 2.70. The molecule has 2 N–H and O–H groups in total. The Balaban J connectivity index is 1.61. The molecule has 7 nitrogen and oxygen atoms in total. The number of ether oxygens (including phenoxy) is 1. The minimum absolute atomic E-state index is 0.151. The van der Waals surface area contributed by atoms with Crippen LogP contribution in [0.2, 0.25) is 0 Å². The summed E-state index contributed by atoms with van der Waals surface area (Å²) < 4.78 is 19.3. The van der Waals surface area contributed by atoms with E-state index in [1.165, 1.54) is 24.4 Å². The molecule has 0 atom stereocenters. The van der Waals surface area contributed by atoms with Crippen LogP contribution in [0.15, 0.2) is 46.1 Å². The molecule has 0 aliphatic rings. The molecule has 8 heteroatoms. The highest BCUT2D eigenvalue weighted by molar-refractivity contribution is 5.75. The summed E-state index contributed by atoms with van der Waals surface area (Å²) in [5.74, 6) is -0.0341. The fourth-order valence-corrected chi connectivity index (χ4v) is 1.96. The number of rotatable bonds is 8. The average molecular weight is 335 g/mol. The highest BCUT2D eigenvalue weighted by Crippen LogP contribution is 2.11. The van der Waals surface area contributed by atoms with Crippen molar-refractivity contribution in [2.45, 2.75) is 19.4 Å². The average Bonchev–Trinajstić information content (AvgIpc) is 2.55. The van der Waals surface area contributed by atoms with Gasteiger partial charge in [-0.05, 0) is 37.1 Å². The van der Waals surface area contributed by atoms with Crippen LogP contribution in [0.3, 0.4) is 0 Å². The maximum atomic E-state index is 12.7. The minimum Gasteiger partial charge on any atom is -0.494 e. The molecule has 0 fully saturated rings. The normalized spacial score (nSPS) is 10.4. The first-order chi connectivity index (χ1) is 11.5. The van der Waals surface area contributed by atoms with Crippen LogP contribution in [0, 0.1) is 5.82 Å². The summed E-state index contributed by atoms with van der Waals surface area (Å²) in [6.45, 7) is 0.756. The van der Waals surface area contributed by atoms with E-state index in [1.54, 1.807) is 12.1 Å². The zero-order valence-electron chi connectivity index (χ0n) is 13.0. The number of nitrogens with zero attached hydrogens (tertiary/aromatic N) is 1. The van der Waals surface area contributed by atoms with E-state index in [0.717, 1.165) is 11.0 Å². The van der Waals surface area contributed by atoms with Crippen LogP contribution >= 0.6 is 0 Å². The van der Waals surface area contributed by atoms with Crippen molar-refractivity contribution in [1.82, 2.24) is 14.9 Å². The lowest BCUT2D eigenvalue weighted by atomic mass is 10.3. The molecule has 0 bridgehead atoms. The second-order valence-corrected chi connectivity index (χ2v) is 5.10. The summed E-state index contributed by atoms with van der Waals surface area (Å²) in [4.78, 5) is 36.1. The van der Waals surface area contributed by atoms with Gasteiger partial charge in [0.05, 0.1) is 6.61 Å². The molecule has 128 valence electrons. The van der Waals surface area contributed by atoms with Crippen molar-refractivity contribution < 1.29 is 13.9 Å². The molecule has 0 aliphatic heterocycles. The summed E-state index contributed by atoms with van der Waals surface area (Å²) in [5.41, 5.74) is -1.12. The van der Waals surface area contributed by atoms with Crippen LogP contribution in [0.1, 0.15) is 12.8 Å². The lowest BCUT2D eigenvalue weighted by molar-refractivity contribution is -0.121. The molecule has 1 heterocycles. The molecule has 24 heavy (non-hydrogen) atoms. The molecule has 0 spiro atoms. The Bertz CT molecular complexity index is 783. The maximum absolute atomic E-state index is 12.7. The summed E-state index contributed by atoms with van der Waals surface area (Å²) in [7, 11) is 0. The minimum atomic E-state index is -0.620. The number of aromatic amines is 1. The molecule has 2 rings (SSSR count). The molecule has 0 unspecified atom stereocenters. The van der Waals surface area contributed by atoms with Gasteiger partial charge in [0.25, 0.3) is 5.56 Å². The first-order valence-corrected chi connectivity index (χ1v) is 7.49. The highest BCUT2D eigenvalue weighted by atomic mass is 19.1. The molecule has 1 amide bonds. The van der Waals surface area contributed by atoms with Crippen LogP contribution < -0.4 is 21.3 Å². The number of nitrogens with one attached hydrogen (secondary N) is 2. The van der Waals surface area contributed by atoms with E-state index in [1.807, 2.05) is 0 Å². The summed E-state index contributed by atoms with van der Waals surface area (Å²) >= 11 is 0. The van der Waals surface area contributed by atoms with Gasteiger partial charge in [-0.2, -0.15) is 0 Å². The number of aromatic nitrogens is 2. The van der Waals surface area contributed by atoms with Gasteiger partial charge in [0.15, 0.2) is 0 Å². The van der Waals surface area contributed by atoms with Crippen molar-refractivity contribution >= 4 is 5.91 Å². The third kappa shape index (κ3) is 5.71. The quantitative estimate of drug-likeness (QED) is 0.693. The predicted octanol–water partition coefficient (Wildman–Crippen LogP) is 0.651. The van der Waals surface area contributed by atoms with Crippen molar-refractivity contribution in [1.29, 1.82) is 0 Å². The Kier molecular flexibility index (Phi) is 6.30. The van der Waals surface area contributed by atoms with E-state index in [4.69, 9.17) is 4.74 Å². The Labute approximate surface area is 137 Å². The first kappa shape index (κ1) is 17.5. The van der Waals surface area contributed by atoms with Crippen molar-refractivity contribution in [3.63, 3.8) is 0 Å². The summed E-state index contributed by atoms with van der Waals surface area (Å²) in [6, 6.07) is 6.95. The van der Waals surface area contributed by atoms with Gasteiger partial charge in [-0.1, -0.05) is 0 Å². The van der Waals surface area contributed by atoms with E-state index < -0.39 is 11.2 Å². The number of benzene rings is 1. The van der Waals surface area contributed by atoms with Crippen molar-refractivity contribution in [3.05, 3.63) is 63.2 Å². The number of hydrogen-bond acceptors (Lipinski definition) is 4. The number of halogens is 1. The van der Waals surface area contributed by atoms with E-state index in [2.05, 4.69) is 10.3 Å². The zero-order chi connectivity index (χ0) is 17.4. The third-order valence-corrected chi connectivity index (χ3v) is 3.19. The smallest absolute Gasteiger partial charge is 0.328 e. The Morgan fingerprint density at radius 1 is 1.17 bits per heavy atom. The zero-order valence-corrected chi connectivity index (χ0v) is 13.0. The molecular formula is C16H18FN3O4. The van der Waals surface area contributed by atoms with Gasteiger partial charge in [-0.15, -0.1) is 0 Å². The predicted molar refractivity (Wildman–Crippen MR) is 85.5 cm³/mol. The monoisotopic (exact) mass is 335 g/mol. The van der Waals surface area contributed by atoms with E-state index in [9.17, 15) is 18.8 Å². The molecule has 0 aliphatic carbocycles. The van der Waals surface area contributed by atoms with Crippen LogP contribution in [0.4, 0.5) is 4.39 Å². The second kappa shape index (κ2) is 8.66. The molecular weight excluding hydrogens is 317 g/mol. The van der Waals surface area contributed by atoms with E-state index >= 15 is 0 Å². The molecule has 2 aromatic rings.